The highest BCUT2D eigenvalue weighted by Crippen LogP contribution is 2.24. The molecule has 4 nitrogen and oxygen atoms in total. The molecule has 2 aromatic heterocycles. The summed E-state index contributed by atoms with van der Waals surface area (Å²) >= 11 is 0. The summed E-state index contributed by atoms with van der Waals surface area (Å²) in [7, 11) is 1.73. The second-order valence-corrected chi connectivity index (χ2v) is 3.80. The third kappa shape index (κ3) is 2.22. The van der Waals surface area contributed by atoms with Crippen molar-refractivity contribution in [2.24, 2.45) is 7.05 Å². The van der Waals surface area contributed by atoms with Crippen LogP contribution in [0.1, 0.15) is 0 Å². The van der Waals surface area contributed by atoms with Gasteiger partial charge in [0.15, 0.2) is 5.82 Å². The molecular formula is C10H10F4N4. The zero-order valence-corrected chi connectivity index (χ0v) is 9.37. The number of halogens is 4. The highest BCUT2D eigenvalue weighted by atomic mass is 19.3. The number of anilines is 1. The summed E-state index contributed by atoms with van der Waals surface area (Å²) in [6, 6.07) is 1.65. The monoisotopic (exact) mass is 262 g/mol. The molecule has 2 heterocycles. The molecule has 98 valence electrons. The average molecular weight is 262 g/mol. The van der Waals surface area contributed by atoms with Crippen LogP contribution < -0.4 is 5.32 Å². The fraction of sp³-hybridized carbons (Fsp3) is 0.400. The molecule has 0 unspecified atom stereocenters. The average Bonchev–Trinajstić information content (AvgIpc) is 2.69. The van der Waals surface area contributed by atoms with Gasteiger partial charge in [-0.3, -0.25) is 0 Å². The number of fused-ring (bicyclic) bond motifs is 1. The van der Waals surface area contributed by atoms with Crippen molar-refractivity contribution in [3.05, 3.63) is 18.6 Å². The molecule has 2 aromatic rings. The number of nitrogens with one attached hydrogen (secondary N) is 1. The zero-order valence-electron chi connectivity index (χ0n) is 9.37. The molecule has 0 aliphatic heterocycles. The Morgan fingerprint density at radius 2 is 2.11 bits per heavy atom. The third-order valence-electron chi connectivity index (χ3n) is 2.45. The first-order valence-electron chi connectivity index (χ1n) is 5.07. The second-order valence-electron chi connectivity index (χ2n) is 3.80. The Hall–Kier alpha value is -1.86. The Morgan fingerprint density at radius 3 is 2.78 bits per heavy atom. The number of rotatable bonds is 4. The van der Waals surface area contributed by atoms with Crippen LogP contribution in [0.5, 0.6) is 0 Å². The van der Waals surface area contributed by atoms with E-state index in [-0.39, 0.29) is 5.82 Å². The van der Waals surface area contributed by atoms with Gasteiger partial charge in [-0.2, -0.15) is 8.78 Å². The summed E-state index contributed by atoms with van der Waals surface area (Å²) in [5.41, 5.74) is 1.04. The molecule has 0 aliphatic carbocycles. The molecule has 8 heteroatoms. The van der Waals surface area contributed by atoms with E-state index in [4.69, 9.17) is 0 Å². The maximum atomic E-state index is 12.8. The van der Waals surface area contributed by atoms with E-state index in [1.807, 2.05) is 0 Å². The van der Waals surface area contributed by atoms with E-state index in [2.05, 4.69) is 15.3 Å². The van der Waals surface area contributed by atoms with Crippen LogP contribution in [0, 0.1) is 0 Å². The smallest absolute Gasteiger partial charge is 0.324 e. The van der Waals surface area contributed by atoms with Crippen LogP contribution in [-0.2, 0) is 7.05 Å². The van der Waals surface area contributed by atoms with Crippen molar-refractivity contribution in [3.8, 4) is 0 Å². The highest BCUT2D eigenvalue weighted by molar-refractivity contribution is 5.85. The Morgan fingerprint density at radius 1 is 1.39 bits per heavy atom. The number of pyridine rings is 1. The maximum Gasteiger partial charge on any atom is 0.324 e. The van der Waals surface area contributed by atoms with Crippen LogP contribution in [0.3, 0.4) is 0 Å². The molecule has 0 fully saturated rings. The maximum absolute atomic E-state index is 12.8. The number of imidazole rings is 1. The number of nitrogens with zero attached hydrogens (tertiary/aromatic N) is 3. The molecule has 18 heavy (non-hydrogen) atoms. The SMILES string of the molecule is Cn1cnc2c(NCC(F)(F)C(F)F)nccc21. The Bertz CT molecular complexity index is 552. The Balaban J connectivity index is 2.23. The quantitative estimate of drug-likeness (QED) is 0.859. The van der Waals surface area contributed by atoms with Gasteiger partial charge in [-0.15, -0.1) is 0 Å². The van der Waals surface area contributed by atoms with Crippen LogP contribution in [0.2, 0.25) is 0 Å². The van der Waals surface area contributed by atoms with Crippen LogP contribution in [-0.4, -0.2) is 33.4 Å². The molecule has 2 rings (SSSR count). The Labute approximate surface area is 99.6 Å². The fourth-order valence-electron chi connectivity index (χ4n) is 1.47. The predicted molar refractivity (Wildman–Crippen MR) is 57.9 cm³/mol. The van der Waals surface area contributed by atoms with Gasteiger partial charge < -0.3 is 9.88 Å². The molecule has 0 atom stereocenters. The first-order chi connectivity index (χ1) is 8.42. The topological polar surface area (TPSA) is 42.7 Å². The summed E-state index contributed by atoms with van der Waals surface area (Å²) in [5, 5.41) is 2.21. The minimum Gasteiger partial charge on any atom is -0.362 e. The van der Waals surface area contributed by atoms with Gasteiger partial charge in [-0.05, 0) is 6.07 Å². The van der Waals surface area contributed by atoms with Gasteiger partial charge in [0.2, 0.25) is 0 Å². The number of aryl methyl sites for hydroxylation is 1. The normalized spacial score (nSPS) is 12.3. The van der Waals surface area contributed by atoms with Gasteiger partial charge in [0.25, 0.3) is 0 Å². The van der Waals surface area contributed by atoms with E-state index in [0.717, 1.165) is 0 Å². The zero-order chi connectivity index (χ0) is 13.3. The van der Waals surface area contributed by atoms with Crippen LogP contribution in [0.4, 0.5) is 23.4 Å². The van der Waals surface area contributed by atoms with Crippen molar-refractivity contribution in [3.63, 3.8) is 0 Å². The molecule has 0 spiro atoms. The number of alkyl halides is 4. The van der Waals surface area contributed by atoms with Crippen molar-refractivity contribution < 1.29 is 17.6 Å². The van der Waals surface area contributed by atoms with Gasteiger partial charge in [0, 0.05) is 13.2 Å². The third-order valence-corrected chi connectivity index (χ3v) is 2.45. The van der Waals surface area contributed by atoms with Crippen LogP contribution in [0.25, 0.3) is 11.0 Å². The second kappa shape index (κ2) is 4.43. The minimum absolute atomic E-state index is 0.0634. The molecular weight excluding hydrogens is 252 g/mol. The number of aromatic nitrogens is 3. The number of hydrogen-bond donors (Lipinski definition) is 1. The van der Waals surface area contributed by atoms with Gasteiger partial charge >= 0.3 is 12.3 Å². The summed E-state index contributed by atoms with van der Waals surface area (Å²) in [5.74, 6) is -4.04. The van der Waals surface area contributed by atoms with E-state index in [0.29, 0.717) is 11.0 Å². The van der Waals surface area contributed by atoms with Gasteiger partial charge in [-0.1, -0.05) is 0 Å². The van der Waals surface area contributed by atoms with E-state index >= 15 is 0 Å². The Kier molecular flexibility index (Phi) is 3.10. The molecule has 1 N–H and O–H groups in total. The lowest BCUT2D eigenvalue weighted by molar-refractivity contribution is -0.117. The van der Waals surface area contributed by atoms with Crippen molar-refractivity contribution in [2.75, 3.05) is 11.9 Å². The fourth-order valence-corrected chi connectivity index (χ4v) is 1.47. The molecule has 0 saturated carbocycles. The van der Waals surface area contributed by atoms with Gasteiger partial charge in [0.05, 0.1) is 18.4 Å². The van der Waals surface area contributed by atoms with Crippen molar-refractivity contribution in [2.45, 2.75) is 12.3 Å². The summed E-state index contributed by atoms with van der Waals surface area (Å²) in [4.78, 5) is 7.79. The lowest BCUT2D eigenvalue weighted by Gasteiger charge is -2.16. The van der Waals surface area contributed by atoms with Gasteiger partial charge in [0.1, 0.15) is 5.52 Å². The van der Waals surface area contributed by atoms with Crippen LogP contribution >= 0.6 is 0 Å². The van der Waals surface area contributed by atoms with E-state index in [1.54, 1.807) is 17.7 Å². The highest BCUT2D eigenvalue weighted by Gasteiger charge is 2.40. The minimum atomic E-state index is -4.10. The molecule has 0 aliphatic rings. The van der Waals surface area contributed by atoms with E-state index < -0.39 is 18.9 Å². The van der Waals surface area contributed by atoms with E-state index in [1.165, 1.54) is 12.5 Å². The largest absolute Gasteiger partial charge is 0.362 e. The summed E-state index contributed by atoms with van der Waals surface area (Å²) < 4.78 is 51.2. The van der Waals surface area contributed by atoms with Crippen molar-refractivity contribution >= 4 is 16.9 Å². The number of hydrogen-bond acceptors (Lipinski definition) is 3. The summed E-state index contributed by atoms with van der Waals surface area (Å²) in [6.07, 6.45) is -0.830. The summed E-state index contributed by atoms with van der Waals surface area (Å²) in [6.45, 7) is -1.19. The van der Waals surface area contributed by atoms with E-state index in [9.17, 15) is 17.6 Å². The molecule has 0 saturated heterocycles. The predicted octanol–water partition coefficient (Wildman–Crippen LogP) is 2.28. The molecule has 0 amide bonds. The first kappa shape index (κ1) is 12.6. The lowest BCUT2D eigenvalue weighted by Crippen LogP contribution is -2.35. The lowest BCUT2D eigenvalue weighted by atomic mass is 10.3. The van der Waals surface area contributed by atoms with Gasteiger partial charge in [-0.25, -0.2) is 18.7 Å². The molecule has 0 radical (unpaired) electrons. The molecule has 0 bridgehead atoms. The van der Waals surface area contributed by atoms with Crippen molar-refractivity contribution in [1.29, 1.82) is 0 Å². The first-order valence-corrected chi connectivity index (χ1v) is 5.07. The van der Waals surface area contributed by atoms with Crippen molar-refractivity contribution in [1.82, 2.24) is 14.5 Å². The molecule has 0 aromatic carbocycles. The standard InChI is InChI=1S/C10H10F4N4/c1-18-5-17-7-6(18)2-3-15-8(7)16-4-10(13,14)9(11)12/h2-3,5,9H,4H2,1H3,(H,15,16). The van der Waals surface area contributed by atoms with Crippen LogP contribution in [0.15, 0.2) is 18.6 Å².